The topological polar surface area (TPSA) is 53.5 Å². The van der Waals surface area contributed by atoms with Crippen LogP contribution in [0.25, 0.3) is 0 Å². The maximum atomic E-state index is 5.22. The van der Waals surface area contributed by atoms with Gasteiger partial charge in [-0.25, -0.2) is 4.98 Å². The lowest BCUT2D eigenvalue weighted by atomic mass is 10.2. The zero-order valence-electron chi connectivity index (χ0n) is 12.7. The van der Waals surface area contributed by atoms with E-state index in [2.05, 4.69) is 34.5 Å². The number of hydrogen-bond donors (Lipinski definition) is 1. The zero-order valence-corrected chi connectivity index (χ0v) is 13.5. The molecular formula is C14H23N5OS. The van der Waals surface area contributed by atoms with E-state index in [1.165, 1.54) is 0 Å². The first-order valence-electron chi connectivity index (χ1n) is 7.39. The molecule has 2 aliphatic heterocycles. The molecule has 6 nitrogen and oxygen atoms in total. The third-order valence-electron chi connectivity index (χ3n) is 3.84. The van der Waals surface area contributed by atoms with Crippen molar-refractivity contribution in [2.75, 3.05) is 62.9 Å². The summed E-state index contributed by atoms with van der Waals surface area (Å²) in [6, 6.07) is 2.45. The molecule has 3 heterocycles. The van der Waals surface area contributed by atoms with Crippen LogP contribution < -0.4 is 10.2 Å². The monoisotopic (exact) mass is 309 g/mol. The number of thioether (sulfide) groups is 1. The van der Waals surface area contributed by atoms with Gasteiger partial charge in [-0.05, 0) is 13.3 Å². The second-order valence-corrected chi connectivity index (χ2v) is 6.51. The molecule has 0 bridgehead atoms. The van der Waals surface area contributed by atoms with E-state index in [-0.39, 0.29) is 0 Å². The van der Waals surface area contributed by atoms with Crippen LogP contribution in [0.2, 0.25) is 0 Å². The second kappa shape index (κ2) is 6.81. The van der Waals surface area contributed by atoms with Gasteiger partial charge < -0.3 is 19.9 Å². The lowest BCUT2D eigenvalue weighted by Crippen LogP contribution is -2.45. The third kappa shape index (κ3) is 3.78. The summed E-state index contributed by atoms with van der Waals surface area (Å²) in [6.45, 7) is 5.65. The lowest BCUT2D eigenvalue weighted by Gasteiger charge is -2.33. The van der Waals surface area contributed by atoms with Crippen molar-refractivity contribution in [3.63, 3.8) is 0 Å². The van der Waals surface area contributed by atoms with Gasteiger partial charge in [-0.15, -0.1) is 0 Å². The molecule has 0 aromatic carbocycles. The van der Waals surface area contributed by atoms with E-state index >= 15 is 0 Å². The second-order valence-electron chi connectivity index (χ2n) is 5.65. The first-order chi connectivity index (χ1) is 10.2. The van der Waals surface area contributed by atoms with E-state index in [0.29, 0.717) is 6.04 Å². The molecule has 2 fully saturated rings. The highest BCUT2D eigenvalue weighted by Crippen LogP contribution is 2.19. The number of aromatic nitrogens is 2. The summed E-state index contributed by atoms with van der Waals surface area (Å²) in [5.41, 5.74) is 1.09. The Hall–Kier alpha value is -1.05. The average molecular weight is 309 g/mol. The van der Waals surface area contributed by atoms with Crippen molar-refractivity contribution in [2.24, 2.45) is 0 Å². The van der Waals surface area contributed by atoms with E-state index in [4.69, 9.17) is 14.7 Å². The number of anilines is 2. The molecule has 0 saturated carbocycles. The molecule has 0 atom stereocenters. The highest BCUT2D eigenvalue weighted by Gasteiger charge is 2.21. The Kier molecular flexibility index (Phi) is 4.82. The minimum atomic E-state index is 0.391. The van der Waals surface area contributed by atoms with Crippen molar-refractivity contribution in [3.8, 4) is 0 Å². The first kappa shape index (κ1) is 14.9. The molecule has 0 spiro atoms. The van der Waals surface area contributed by atoms with Gasteiger partial charge in [-0.1, -0.05) is 0 Å². The minimum Gasteiger partial charge on any atom is -0.377 e. The van der Waals surface area contributed by atoms with Gasteiger partial charge in [0.15, 0.2) is 0 Å². The Balaban J connectivity index is 1.76. The Morgan fingerprint density at radius 1 is 1.29 bits per heavy atom. The van der Waals surface area contributed by atoms with E-state index in [1.807, 2.05) is 0 Å². The molecule has 7 heteroatoms. The van der Waals surface area contributed by atoms with Gasteiger partial charge in [-0.2, -0.15) is 16.7 Å². The molecule has 1 N–H and O–H groups in total. The molecule has 3 rings (SSSR count). The van der Waals surface area contributed by atoms with E-state index in [0.717, 1.165) is 62.6 Å². The molecule has 0 aliphatic carbocycles. The number of piperazine rings is 1. The molecule has 116 valence electrons. The summed E-state index contributed by atoms with van der Waals surface area (Å²) in [6.07, 6.45) is 2.10. The summed E-state index contributed by atoms with van der Waals surface area (Å²) in [7, 11) is 2.16. The van der Waals surface area contributed by atoms with Crippen molar-refractivity contribution in [1.29, 1.82) is 0 Å². The molecule has 2 saturated heterocycles. The van der Waals surface area contributed by atoms with Crippen LogP contribution in [0.4, 0.5) is 11.8 Å². The van der Waals surface area contributed by atoms with Gasteiger partial charge in [0, 0.05) is 38.0 Å². The fourth-order valence-corrected chi connectivity index (χ4v) is 2.90. The average Bonchev–Trinajstić information content (AvgIpc) is 2.44. The maximum Gasteiger partial charge on any atom is 0.227 e. The van der Waals surface area contributed by atoms with Crippen molar-refractivity contribution in [3.05, 3.63) is 11.8 Å². The fraction of sp³-hybridized carbons (Fsp3) is 0.714. The van der Waals surface area contributed by atoms with Gasteiger partial charge in [0.25, 0.3) is 0 Å². The minimum absolute atomic E-state index is 0.391. The number of likely N-dealkylation sites (N-methyl/N-ethyl adjacent to an activating group) is 1. The number of rotatable bonds is 5. The highest BCUT2D eigenvalue weighted by molar-refractivity contribution is 7.97. The van der Waals surface area contributed by atoms with Crippen molar-refractivity contribution >= 4 is 23.5 Å². The fourth-order valence-electron chi connectivity index (χ4n) is 2.46. The Labute approximate surface area is 130 Å². The molecule has 21 heavy (non-hydrogen) atoms. The van der Waals surface area contributed by atoms with Crippen molar-refractivity contribution in [1.82, 2.24) is 14.9 Å². The summed E-state index contributed by atoms with van der Waals surface area (Å²) in [5, 5.41) is 3.44. The molecule has 0 amide bonds. The van der Waals surface area contributed by atoms with Gasteiger partial charge in [0.1, 0.15) is 5.82 Å². The van der Waals surface area contributed by atoms with Crippen LogP contribution in [0.5, 0.6) is 0 Å². The van der Waals surface area contributed by atoms with Crippen LogP contribution in [0.3, 0.4) is 0 Å². The SMILES string of the molecule is CSCc1cc(NC2COC2)nc(N2CCN(C)CC2)n1. The highest BCUT2D eigenvalue weighted by atomic mass is 32.2. The molecular weight excluding hydrogens is 286 g/mol. The maximum absolute atomic E-state index is 5.22. The van der Waals surface area contributed by atoms with Crippen LogP contribution in [0.1, 0.15) is 5.69 Å². The quantitative estimate of drug-likeness (QED) is 0.867. The number of nitrogens with one attached hydrogen (secondary N) is 1. The van der Waals surface area contributed by atoms with Gasteiger partial charge >= 0.3 is 0 Å². The van der Waals surface area contributed by atoms with Crippen molar-refractivity contribution in [2.45, 2.75) is 11.8 Å². The largest absolute Gasteiger partial charge is 0.377 e. The van der Waals surface area contributed by atoms with Gasteiger partial charge in [0.2, 0.25) is 5.95 Å². The third-order valence-corrected chi connectivity index (χ3v) is 4.42. The standard InChI is InChI=1S/C14H23N5OS/c1-18-3-5-19(6-4-18)14-16-11(10-21-2)7-13(17-14)15-12-8-20-9-12/h7,12H,3-6,8-10H2,1-2H3,(H,15,16,17). The molecule has 2 aliphatic rings. The smallest absolute Gasteiger partial charge is 0.227 e. The van der Waals surface area contributed by atoms with Gasteiger partial charge in [-0.3, -0.25) is 0 Å². The van der Waals surface area contributed by atoms with Crippen LogP contribution in [0, 0.1) is 0 Å². The first-order valence-corrected chi connectivity index (χ1v) is 8.78. The summed E-state index contributed by atoms with van der Waals surface area (Å²) < 4.78 is 5.22. The molecule has 0 unspecified atom stereocenters. The van der Waals surface area contributed by atoms with E-state index in [9.17, 15) is 0 Å². The summed E-state index contributed by atoms with van der Waals surface area (Å²) in [4.78, 5) is 14.1. The zero-order chi connectivity index (χ0) is 14.7. The summed E-state index contributed by atoms with van der Waals surface area (Å²) in [5.74, 6) is 2.70. The Bertz CT molecular complexity index is 474. The Morgan fingerprint density at radius 3 is 2.67 bits per heavy atom. The molecule has 1 aromatic rings. The predicted octanol–water partition coefficient (Wildman–Crippen LogP) is 0.902. The van der Waals surface area contributed by atoms with Crippen LogP contribution >= 0.6 is 11.8 Å². The van der Waals surface area contributed by atoms with E-state index < -0.39 is 0 Å². The van der Waals surface area contributed by atoms with Gasteiger partial charge in [0.05, 0.1) is 24.9 Å². The number of ether oxygens (including phenoxy) is 1. The van der Waals surface area contributed by atoms with Crippen LogP contribution in [-0.2, 0) is 10.5 Å². The Morgan fingerprint density at radius 2 is 2.05 bits per heavy atom. The number of nitrogens with zero attached hydrogens (tertiary/aromatic N) is 4. The normalized spacial score (nSPS) is 20.4. The lowest BCUT2D eigenvalue weighted by molar-refractivity contribution is 0.0209. The molecule has 0 radical (unpaired) electrons. The van der Waals surface area contributed by atoms with E-state index in [1.54, 1.807) is 11.8 Å². The predicted molar refractivity (Wildman–Crippen MR) is 87.2 cm³/mol. The number of hydrogen-bond acceptors (Lipinski definition) is 7. The van der Waals surface area contributed by atoms with Crippen molar-refractivity contribution < 1.29 is 4.74 Å². The molecule has 1 aromatic heterocycles. The summed E-state index contributed by atoms with van der Waals surface area (Å²) >= 11 is 1.79. The van der Waals surface area contributed by atoms with Crippen LogP contribution in [0.15, 0.2) is 6.07 Å². The van der Waals surface area contributed by atoms with Crippen LogP contribution in [-0.4, -0.2) is 73.6 Å².